The molecule has 6 heteroatoms. The van der Waals surface area contributed by atoms with Crippen molar-refractivity contribution < 1.29 is 15.0 Å². The van der Waals surface area contributed by atoms with Crippen molar-refractivity contribution >= 4 is 5.97 Å². The van der Waals surface area contributed by atoms with Crippen LogP contribution in [0.3, 0.4) is 0 Å². The van der Waals surface area contributed by atoms with E-state index in [0.29, 0.717) is 26.1 Å². The zero-order chi connectivity index (χ0) is 16.5. The molecule has 0 bridgehead atoms. The first-order valence-corrected chi connectivity index (χ1v) is 7.77. The molecule has 2 aromatic rings. The number of nitrogens with zero attached hydrogens (tertiary/aromatic N) is 3. The molecule has 23 heavy (non-hydrogen) atoms. The van der Waals surface area contributed by atoms with Crippen molar-refractivity contribution in [3.8, 4) is 0 Å². The Kier molecular flexibility index (Phi) is 6.77. The van der Waals surface area contributed by atoms with Crippen LogP contribution in [0.4, 0.5) is 0 Å². The van der Waals surface area contributed by atoms with Crippen LogP contribution >= 0.6 is 0 Å². The second-order valence-corrected chi connectivity index (χ2v) is 5.53. The molecule has 0 unspecified atom stereocenters. The molecule has 0 aliphatic heterocycles. The van der Waals surface area contributed by atoms with Gasteiger partial charge < -0.3 is 10.2 Å². The van der Waals surface area contributed by atoms with Gasteiger partial charge in [-0.15, -0.1) is 0 Å². The Balaban J connectivity index is 1.88. The van der Waals surface area contributed by atoms with Gasteiger partial charge >= 0.3 is 5.97 Å². The van der Waals surface area contributed by atoms with Gasteiger partial charge in [0.1, 0.15) is 0 Å². The van der Waals surface area contributed by atoms with Crippen molar-refractivity contribution in [1.29, 1.82) is 0 Å². The lowest BCUT2D eigenvalue weighted by molar-refractivity contribution is -0.137. The van der Waals surface area contributed by atoms with Gasteiger partial charge in [0.05, 0.1) is 19.3 Å². The largest absolute Gasteiger partial charge is 0.481 e. The molecule has 1 aromatic carbocycles. The molecule has 0 saturated carbocycles. The van der Waals surface area contributed by atoms with Crippen molar-refractivity contribution in [2.45, 2.75) is 25.9 Å². The summed E-state index contributed by atoms with van der Waals surface area (Å²) >= 11 is 0. The molecule has 0 fully saturated rings. The fourth-order valence-electron chi connectivity index (χ4n) is 2.47. The molecule has 2 rings (SSSR count). The standard InChI is InChI=1S/C17H23N3O3/c21-10-9-19(8-4-7-17(22)23)12-16-11-18-20(14-16)13-15-5-2-1-3-6-15/h1-3,5-6,11,14,21H,4,7-10,12-13H2,(H,22,23). The summed E-state index contributed by atoms with van der Waals surface area (Å²) in [5, 5.41) is 22.2. The predicted octanol–water partition coefficient (Wildman–Crippen LogP) is 1.59. The van der Waals surface area contributed by atoms with E-state index in [1.54, 1.807) is 0 Å². The van der Waals surface area contributed by atoms with Gasteiger partial charge in [-0.05, 0) is 18.5 Å². The number of aliphatic carboxylic acids is 1. The molecule has 0 aliphatic rings. The molecule has 124 valence electrons. The van der Waals surface area contributed by atoms with Gasteiger partial charge in [0.15, 0.2) is 0 Å². The van der Waals surface area contributed by atoms with Crippen LogP contribution in [0.5, 0.6) is 0 Å². The Hall–Kier alpha value is -2.18. The number of aliphatic hydroxyl groups is 1. The summed E-state index contributed by atoms with van der Waals surface area (Å²) in [5.41, 5.74) is 2.25. The fourth-order valence-corrected chi connectivity index (χ4v) is 2.47. The van der Waals surface area contributed by atoms with E-state index >= 15 is 0 Å². The van der Waals surface area contributed by atoms with Gasteiger partial charge in [0.2, 0.25) is 0 Å². The van der Waals surface area contributed by atoms with E-state index in [4.69, 9.17) is 10.2 Å². The first-order valence-electron chi connectivity index (χ1n) is 7.77. The van der Waals surface area contributed by atoms with Gasteiger partial charge in [-0.1, -0.05) is 30.3 Å². The molecule has 0 spiro atoms. The summed E-state index contributed by atoms with van der Waals surface area (Å²) in [5.74, 6) is -0.787. The first kappa shape index (κ1) is 17.2. The van der Waals surface area contributed by atoms with E-state index in [-0.39, 0.29) is 13.0 Å². The van der Waals surface area contributed by atoms with Gasteiger partial charge in [-0.3, -0.25) is 14.4 Å². The van der Waals surface area contributed by atoms with Crippen molar-refractivity contribution in [2.75, 3.05) is 19.7 Å². The molecule has 0 aliphatic carbocycles. The van der Waals surface area contributed by atoms with E-state index < -0.39 is 5.97 Å². The second kappa shape index (κ2) is 9.07. The Bertz CT molecular complexity index is 598. The predicted molar refractivity (Wildman–Crippen MR) is 87.0 cm³/mol. The van der Waals surface area contributed by atoms with Crippen LogP contribution in [0.15, 0.2) is 42.7 Å². The zero-order valence-electron chi connectivity index (χ0n) is 13.1. The Morgan fingerprint density at radius 2 is 1.96 bits per heavy atom. The number of carboxylic acid groups (broad SMARTS) is 1. The van der Waals surface area contributed by atoms with E-state index in [1.165, 1.54) is 5.56 Å². The number of carbonyl (C=O) groups is 1. The molecule has 1 heterocycles. The van der Waals surface area contributed by atoms with Gasteiger partial charge in [0.25, 0.3) is 0 Å². The normalized spacial score (nSPS) is 11.0. The molecule has 0 amide bonds. The van der Waals surface area contributed by atoms with Crippen LogP contribution in [0.1, 0.15) is 24.0 Å². The smallest absolute Gasteiger partial charge is 0.303 e. The summed E-state index contributed by atoms with van der Waals surface area (Å²) in [4.78, 5) is 12.6. The van der Waals surface area contributed by atoms with Crippen LogP contribution in [0.25, 0.3) is 0 Å². The fraction of sp³-hybridized carbons (Fsp3) is 0.412. The third-order valence-corrected chi connectivity index (χ3v) is 3.56. The highest BCUT2D eigenvalue weighted by molar-refractivity contribution is 5.66. The van der Waals surface area contributed by atoms with Crippen LogP contribution in [0.2, 0.25) is 0 Å². The minimum atomic E-state index is -0.787. The highest BCUT2D eigenvalue weighted by atomic mass is 16.4. The number of aromatic nitrogens is 2. The summed E-state index contributed by atoms with van der Waals surface area (Å²) in [6.45, 7) is 2.63. The summed E-state index contributed by atoms with van der Waals surface area (Å²) < 4.78 is 1.89. The molecule has 0 radical (unpaired) electrons. The Morgan fingerprint density at radius 1 is 1.17 bits per heavy atom. The maximum absolute atomic E-state index is 10.6. The van der Waals surface area contributed by atoms with Crippen LogP contribution in [-0.2, 0) is 17.9 Å². The maximum Gasteiger partial charge on any atom is 0.303 e. The highest BCUT2D eigenvalue weighted by Crippen LogP contribution is 2.08. The molecule has 6 nitrogen and oxygen atoms in total. The van der Waals surface area contributed by atoms with Crippen molar-refractivity contribution in [2.24, 2.45) is 0 Å². The molecule has 1 aromatic heterocycles. The molecule has 0 atom stereocenters. The van der Waals surface area contributed by atoms with Crippen LogP contribution < -0.4 is 0 Å². The number of benzene rings is 1. The SMILES string of the molecule is O=C(O)CCCN(CCO)Cc1cnn(Cc2ccccc2)c1. The first-order chi connectivity index (χ1) is 11.2. The molecule has 0 saturated heterocycles. The third-order valence-electron chi connectivity index (χ3n) is 3.56. The van der Waals surface area contributed by atoms with E-state index in [2.05, 4.69) is 17.2 Å². The number of carboxylic acids is 1. The number of hydrogen-bond donors (Lipinski definition) is 2. The topological polar surface area (TPSA) is 78.6 Å². The lowest BCUT2D eigenvalue weighted by atomic mass is 10.2. The third kappa shape index (κ3) is 6.22. The average Bonchev–Trinajstić information content (AvgIpc) is 2.95. The van der Waals surface area contributed by atoms with E-state index in [0.717, 1.165) is 12.1 Å². The van der Waals surface area contributed by atoms with E-state index in [9.17, 15) is 4.79 Å². The zero-order valence-corrected chi connectivity index (χ0v) is 13.1. The van der Waals surface area contributed by atoms with Crippen LogP contribution in [0, 0.1) is 0 Å². The average molecular weight is 317 g/mol. The van der Waals surface area contributed by atoms with Crippen molar-refractivity contribution in [1.82, 2.24) is 14.7 Å². The summed E-state index contributed by atoms with van der Waals surface area (Å²) in [6, 6.07) is 10.1. The highest BCUT2D eigenvalue weighted by Gasteiger charge is 2.08. The van der Waals surface area contributed by atoms with E-state index in [1.807, 2.05) is 40.2 Å². The van der Waals surface area contributed by atoms with Crippen molar-refractivity contribution in [3.63, 3.8) is 0 Å². The Labute approximate surface area is 136 Å². The molecular weight excluding hydrogens is 294 g/mol. The van der Waals surface area contributed by atoms with Gasteiger partial charge in [0, 0.05) is 31.3 Å². The Morgan fingerprint density at radius 3 is 2.65 bits per heavy atom. The summed E-state index contributed by atoms with van der Waals surface area (Å²) in [6.07, 6.45) is 4.54. The lowest BCUT2D eigenvalue weighted by Gasteiger charge is -2.19. The summed E-state index contributed by atoms with van der Waals surface area (Å²) in [7, 11) is 0. The number of aliphatic hydroxyl groups excluding tert-OH is 1. The van der Waals surface area contributed by atoms with Crippen LogP contribution in [-0.4, -0.2) is 50.6 Å². The van der Waals surface area contributed by atoms with Crippen molar-refractivity contribution in [3.05, 3.63) is 53.9 Å². The number of hydrogen-bond acceptors (Lipinski definition) is 4. The minimum Gasteiger partial charge on any atom is -0.481 e. The molecular formula is C17H23N3O3. The quantitative estimate of drug-likeness (QED) is 0.696. The number of rotatable bonds is 10. The lowest BCUT2D eigenvalue weighted by Crippen LogP contribution is -2.27. The minimum absolute atomic E-state index is 0.0607. The van der Waals surface area contributed by atoms with Gasteiger partial charge in [-0.25, -0.2) is 0 Å². The second-order valence-electron chi connectivity index (χ2n) is 5.53. The maximum atomic E-state index is 10.6. The van der Waals surface area contributed by atoms with Gasteiger partial charge in [-0.2, -0.15) is 5.10 Å². The monoisotopic (exact) mass is 317 g/mol. The molecule has 2 N–H and O–H groups in total.